The van der Waals surface area contributed by atoms with E-state index in [2.05, 4.69) is 5.32 Å². The topological polar surface area (TPSA) is 52.9 Å². The zero-order valence-electron chi connectivity index (χ0n) is 8.46. The zero-order chi connectivity index (χ0) is 12.0. The molecule has 1 rings (SSSR count). The molecule has 0 unspecified atom stereocenters. The van der Waals surface area contributed by atoms with Gasteiger partial charge >= 0.3 is 0 Å². The van der Waals surface area contributed by atoms with E-state index in [0.717, 1.165) is 0 Å². The van der Waals surface area contributed by atoms with Gasteiger partial charge in [-0.1, -0.05) is 11.6 Å². The third-order valence-electron chi connectivity index (χ3n) is 1.91. The zero-order valence-corrected chi connectivity index (χ0v) is 9.98. The second-order valence-electron chi connectivity index (χ2n) is 3.15. The highest BCUT2D eigenvalue weighted by molar-refractivity contribution is 6.33. The van der Waals surface area contributed by atoms with Crippen LogP contribution in [0.25, 0.3) is 0 Å². The predicted molar refractivity (Wildman–Crippen MR) is 64.8 cm³/mol. The first-order valence-corrected chi connectivity index (χ1v) is 5.64. The molecule has 0 radical (unpaired) electrons. The maximum Gasteiger partial charge on any atom is 0.224 e. The van der Waals surface area contributed by atoms with Gasteiger partial charge in [-0.25, -0.2) is 0 Å². The van der Waals surface area contributed by atoms with Crippen LogP contribution >= 0.6 is 23.2 Å². The molecule has 0 aliphatic rings. The largest absolute Gasteiger partial charge is 0.325 e. The van der Waals surface area contributed by atoms with Crippen LogP contribution in [-0.2, 0) is 4.79 Å². The van der Waals surface area contributed by atoms with Gasteiger partial charge in [-0.2, -0.15) is 5.26 Å². The van der Waals surface area contributed by atoms with Crippen molar-refractivity contribution in [3.05, 3.63) is 28.8 Å². The summed E-state index contributed by atoms with van der Waals surface area (Å²) in [6, 6.07) is 6.69. The van der Waals surface area contributed by atoms with Crippen molar-refractivity contribution in [2.45, 2.75) is 12.8 Å². The Kier molecular flexibility index (Phi) is 5.10. The number of benzene rings is 1. The van der Waals surface area contributed by atoms with E-state index >= 15 is 0 Å². The molecule has 1 aromatic carbocycles. The fraction of sp³-hybridized carbons (Fsp3) is 0.273. The maximum atomic E-state index is 11.4. The van der Waals surface area contributed by atoms with E-state index in [4.69, 9.17) is 28.5 Å². The summed E-state index contributed by atoms with van der Waals surface area (Å²) in [6.45, 7) is 0. The van der Waals surface area contributed by atoms with Crippen LogP contribution in [0.5, 0.6) is 0 Å². The van der Waals surface area contributed by atoms with Gasteiger partial charge in [-0.15, -0.1) is 11.6 Å². The van der Waals surface area contributed by atoms with Gasteiger partial charge in [-0.05, 0) is 24.6 Å². The van der Waals surface area contributed by atoms with Gasteiger partial charge in [0.25, 0.3) is 0 Å². The molecule has 0 spiro atoms. The monoisotopic (exact) mass is 256 g/mol. The molecular formula is C11H10Cl2N2O. The van der Waals surface area contributed by atoms with Crippen molar-refractivity contribution in [2.75, 3.05) is 11.2 Å². The van der Waals surface area contributed by atoms with E-state index in [1.54, 1.807) is 12.1 Å². The quantitative estimate of drug-likeness (QED) is 0.842. The first-order chi connectivity index (χ1) is 7.67. The molecule has 0 saturated carbocycles. The number of carbonyl (C=O) groups excluding carboxylic acids is 1. The van der Waals surface area contributed by atoms with Crippen LogP contribution in [0.1, 0.15) is 18.4 Å². The molecular weight excluding hydrogens is 247 g/mol. The number of halogens is 2. The van der Waals surface area contributed by atoms with Crippen molar-refractivity contribution < 1.29 is 4.79 Å². The second-order valence-corrected chi connectivity index (χ2v) is 3.93. The number of hydrogen-bond acceptors (Lipinski definition) is 2. The third-order valence-corrected chi connectivity index (χ3v) is 2.49. The van der Waals surface area contributed by atoms with Crippen molar-refractivity contribution in [3.63, 3.8) is 0 Å². The maximum absolute atomic E-state index is 11.4. The summed E-state index contributed by atoms with van der Waals surface area (Å²) in [6.07, 6.45) is 0.987. The van der Waals surface area contributed by atoms with Gasteiger partial charge in [0.2, 0.25) is 5.91 Å². The number of nitriles is 1. The first kappa shape index (κ1) is 12.8. The smallest absolute Gasteiger partial charge is 0.224 e. The van der Waals surface area contributed by atoms with Gasteiger partial charge < -0.3 is 5.32 Å². The van der Waals surface area contributed by atoms with E-state index in [-0.39, 0.29) is 5.91 Å². The predicted octanol–water partition coefficient (Wildman–Crippen LogP) is 3.17. The van der Waals surface area contributed by atoms with E-state index in [1.807, 2.05) is 6.07 Å². The number of nitrogens with zero attached hydrogens (tertiary/aromatic N) is 1. The molecule has 1 N–H and O–H groups in total. The van der Waals surface area contributed by atoms with Crippen LogP contribution in [-0.4, -0.2) is 11.8 Å². The summed E-state index contributed by atoms with van der Waals surface area (Å²) in [4.78, 5) is 11.4. The first-order valence-electron chi connectivity index (χ1n) is 4.73. The summed E-state index contributed by atoms with van der Waals surface area (Å²) in [5, 5.41) is 11.7. The number of hydrogen-bond donors (Lipinski definition) is 1. The normalized spacial score (nSPS) is 9.56. The van der Waals surface area contributed by atoms with E-state index in [0.29, 0.717) is 35.0 Å². The molecule has 0 aromatic heterocycles. The number of amides is 1. The van der Waals surface area contributed by atoms with Crippen molar-refractivity contribution >= 4 is 34.8 Å². The molecule has 84 valence electrons. The number of rotatable bonds is 4. The third kappa shape index (κ3) is 3.73. The minimum atomic E-state index is -0.132. The van der Waals surface area contributed by atoms with E-state index < -0.39 is 0 Å². The van der Waals surface area contributed by atoms with Crippen LogP contribution in [0, 0.1) is 11.3 Å². The Labute approximate surface area is 104 Å². The number of anilines is 1. The minimum Gasteiger partial charge on any atom is -0.325 e. The Hall–Kier alpha value is -1.24. The van der Waals surface area contributed by atoms with Crippen molar-refractivity contribution in [1.82, 2.24) is 0 Å². The Morgan fingerprint density at radius 1 is 1.50 bits per heavy atom. The Bertz CT molecular complexity index is 426. The van der Waals surface area contributed by atoms with Crippen molar-refractivity contribution in [1.29, 1.82) is 5.26 Å². The fourth-order valence-corrected chi connectivity index (χ4v) is 1.49. The SMILES string of the molecule is N#Cc1ccc(NC(=O)CCCCl)c(Cl)c1. The van der Waals surface area contributed by atoms with Gasteiger partial charge in [0.05, 0.1) is 22.3 Å². The molecule has 0 fully saturated rings. The summed E-state index contributed by atoms with van der Waals surface area (Å²) >= 11 is 11.4. The van der Waals surface area contributed by atoms with Gasteiger partial charge in [0.1, 0.15) is 0 Å². The lowest BCUT2D eigenvalue weighted by Gasteiger charge is -2.06. The Morgan fingerprint density at radius 3 is 2.81 bits per heavy atom. The minimum absolute atomic E-state index is 0.132. The van der Waals surface area contributed by atoms with E-state index in [9.17, 15) is 4.79 Å². The molecule has 3 nitrogen and oxygen atoms in total. The number of carbonyl (C=O) groups is 1. The molecule has 0 saturated heterocycles. The summed E-state index contributed by atoms with van der Waals surface area (Å²) in [7, 11) is 0. The van der Waals surface area contributed by atoms with Crippen LogP contribution in [0.3, 0.4) is 0 Å². The van der Waals surface area contributed by atoms with Crippen LogP contribution in [0.2, 0.25) is 5.02 Å². The Balaban J connectivity index is 2.68. The van der Waals surface area contributed by atoms with E-state index in [1.165, 1.54) is 6.07 Å². The second kappa shape index (κ2) is 6.37. The highest BCUT2D eigenvalue weighted by Crippen LogP contribution is 2.22. The van der Waals surface area contributed by atoms with Crippen molar-refractivity contribution in [3.8, 4) is 6.07 Å². The lowest BCUT2D eigenvalue weighted by Crippen LogP contribution is -2.11. The van der Waals surface area contributed by atoms with Gasteiger partial charge in [0.15, 0.2) is 0 Å². The molecule has 1 amide bonds. The molecule has 16 heavy (non-hydrogen) atoms. The molecule has 5 heteroatoms. The molecule has 0 heterocycles. The number of alkyl halides is 1. The molecule has 0 bridgehead atoms. The lowest BCUT2D eigenvalue weighted by atomic mass is 10.2. The summed E-state index contributed by atoms with van der Waals surface area (Å²) < 4.78 is 0. The van der Waals surface area contributed by atoms with Crippen LogP contribution in [0.15, 0.2) is 18.2 Å². The highest BCUT2D eigenvalue weighted by Gasteiger charge is 2.06. The lowest BCUT2D eigenvalue weighted by molar-refractivity contribution is -0.116. The average Bonchev–Trinajstić information content (AvgIpc) is 2.29. The molecule has 1 aromatic rings. The molecule has 0 atom stereocenters. The highest BCUT2D eigenvalue weighted by atomic mass is 35.5. The molecule has 0 aliphatic carbocycles. The van der Waals surface area contributed by atoms with Crippen LogP contribution in [0.4, 0.5) is 5.69 Å². The molecule has 0 aliphatic heterocycles. The fourth-order valence-electron chi connectivity index (χ4n) is 1.13. The van der Waals surface area contributed by atoms with Crippen LogP contribution < -0.4 is 5.32 Å². The standard InChI is InChI=1S/C11H10Cl2N2O/c12-5-1-2-11(16)15-10-4-3-8(7-14)6-9(10)13/h3-4,6H,1-2,5H2,(H,15,16). The van der Waals surface area contributed by atoms with Crippen molar-refractivity contribution in [2.24, 2.45) is 0 Å². The van der Waals surface area contributed by atoms with Gasteiger partial charge in [0, 0.05) is 12.3 Å². The number of nitrogens with one attached hydrogen (secondary N) is 1. The van der Waals surface area contributed by atoms with Gasteiger partial charge in [-0.3, -0.25) is 4.79 Å². The summed E-state index contributed by atoms with van der Waals surface area (Å²) in [5.41, 5.74) is 0.976. The average molecular weight is 257 g/mol. The Morgan fingerprint density at radius 2 is 2.25 bits per heavy atom. The summed E-state index contributed by atoms with van der Waals surface area (Å²) in [5.74, 6) is 0.321.